The second-order valence-corrected chi connectivity index (χ2v) is 4.96. The molecular formula is C14H29NO. The molecule has 0 spiro atoms. The van der Waals surface area contributed by atoms with Crippen molar-refractivity contribution < 1.29 is 4.74 Å². The maximum Gasteiger partial charge on any atom is 0.0466 e. The summed E-state index contributed by atoms with van der Waals surface area (Å²) >= 11 is 0. The van der Waals surface area contributed by atoms with E-state index in [1.165, 1.54) is 64.3 Å². The van der Waals surface area contributed by atoms with Gasteiger partial charge in [-0.2, -0.15) is 0 Å². The first-order chi connectivity index (χ1) is 7.93. The molecule has 0 bridgehead atoms. The quantitative estimate of drug-likeness (QED) is 0.577. The molecule has 0 aromatic rings. The molecule has 1 saturated heterocycles. The zero-order valence-corrected chi connectivity index (χ0v) is 11.0. The Hall–Kier alpha value is -0.0800. The second-order valence-electron chi connectivity index (χ2n) is 4.96. The Bertz CT molecular complexity index is 144. The van der Waals surface area contributed by atoms with E-state index in [0.717, 1.165) is 19.3 Å². The Labute approximate surface area is 101 Å². The summed E-state index contributed by atoms with van der Waals surface area (Å²) in [4.78, 5) is 0. The molecule has 1 heterocycles. The van der Waals surface area contributed by atoms with E-state index in [9.17, 15) is 0 Å². The van der Waals surface area contributed by atoms with Crippen LogP contribution in [0.4, 0.5) is 0 Å². The third-order valence-corrected chi connectivity index (χ3v) is 3.40. The maximum atomic E-state index is 5.59. The predicted octanol–water partition coefficient (Wildman–Crippen LogP) is 3.51. The minimum atomic E-state index is 0.825. The lowest BCUT2D eigenvalue weighted by Gasteiger charge is -2.09. The summed E-state index contributed by atoms with van der Waals surface area (Å²) in [6, 6.07) is 0.825. The molecule has 1 fully saturated rings. The number of hydrogen-bond acceptors (Lipinski definition) is 2. The summed E-state index contributed by atoms with van der Waals surface area (Å²) in [7, 11) is 0. The molecule has 1 aliphatic rings. The summed E-state index contributed by atoms with van der Waals surface area (Å²) in [5.74, 6) is 0. The molecule has 1 N–H and O–H groups in total. The van der Waals surface area contributed by atoms with Crippen LogP contribution in [0.1, 0.15) is 64.7 Å². The van der Waals surface area contributed by atoms with Crippen molar-refractivity contribution in [3.8, 4) is 0 Å². The Morgan fingerprint density at radius 3 is 2.56 bits per heavy atom. The normalized spacial score (nSPS) is 20.4. The van der Waals surface area contributed by atoms with Crippen LogP contribution in [-0.4, -0.2) is 25.8 Å². The topological polar surface area (TPSA) is 21.3 Å². The highest BCUT2D eigenvalue weighted by atomic mass is 16.5. The molecule has 0 aromatic carbocycles. The van der Waals surface area contributed by atoms with Gasteiger partial charge in [0.2, 0.25) is 0 Å². The van der Waals surface area contributed by atoms with Gasteiger partial charge in [-0.05, 0) is 38.6 Å². The largest absolute Gasteiger partial charge is 0.381 e. The highest BCUT2D eigenvalue weighted by Crippen LogP contribution is 2.12. The number of hydrogen-bond donors (Lipinski definition) is 1. The fourth-order valence-corrected chi connectivity index (χ4v) is 2.33. The van der Waals surface area contributed by atoms with Gasteiger partial charge < -0.3 is 10.1 Å². The molecule has 96 valence electrons. The van der Waals surface area contributed by atoms with Crippen LogP contribution in [0.5, 0.6) is 0 Å². The smallest absolute Gasteiger partial charge is 0.0466 e. The van der Waals surface area contributed by atoms with E-state index >= 15 is 0 Å². The number of ether oxygens (including phenoxy) is 1. The predicted molar refractivity (Wildman–Crippen MR) is 69.8 cm³/mol. The van der Waals surface area contributed by atoms with Crippen molar-refractivity contribution >= 4 is 0 Å². The van der Waals surface area contributed by atoms with Crippen LogP contribution in [0.3, 0.4) is 0 Å². The molecule has 1 unspecified atom stereocenters. The van der Waals surface area contributed by atoms with Gasteiger partial charge in [0, 0.05) is 19.3 Å². The van der Waals surface area contributed by atoms with E-state index in [1.807, 2.05) is 0 Å². The van der Waals surface area contributed by atoms with E-state index in [2.05, 4.69) is 12.2 Å². The van der Waals surface area contributed by atoms with Gasteiger partial charge in [0.05, 0.1) is 0 Å². The first-order valence-electron chi connectivity index (χ1n) is 7.24. The Kier molecular flexibility index (Phi) is 8.83. The molecule has 0 saturated carbocycles. The lowest BCUT2D eigenvalue weighted by atomic mass is 10.1. The number of rotatable bonds is 10. The minimum Gasteiger partial charge on any atom is -0.381 e. The van der Waals surface area contributed by atoms with Crippen molar-refractivity contribution in [3.05, 3.63) is 0 Å². The highest BCUT2D eigenvalue weighted by Gasteiger charge is 2.12. The third kappa shape index (κ3) is 7.24. The van der Waals surface area contributed by atoms with Crippen molar-refractivity contribution in [3.63, 3.8) is 0 Å². The fourth-order valence-electron chi connectivity index (χ4n) is 2.33. The van der Waals surface area contributed by atoms with Gasteiger partial charge in [-0.3, -0.25) is 0 Å². The molecule has 0 radical (unpaired) electrons. The standard InChI is InChI=1S/C14H29NO/c1-2-3-6-12-16-13-7-4-5-9-14-10-8-11-15-14/h14-15H,2-13H2,1H3. The summed E-state index contributed by atoms with van der Waals surface area (Å²) in [5, 5.41) is 3.55. The van der Waals surface area contributed by atoms with Crippen LogP contribution in [0.15, 0.2) is 0 Å². The van der Waals surface area contributed by atoms with Crippen molar-refractivity contribution in [1.82, 2.24) is 5.32 Å². The fraction of sp³-hybridized carbons (Fsp3) is 1.00. The van der Waals surface area contributed by atoms with Crippen LogP contribution in [0, 0.1) is 0 Å². The Balaban J connectivity index is 1.71. The molecule has 2 heteroatoms. The highest BCUT2D eigenvalue weighted by molar-refractivity contribution is 4.73. The van der Waals surface area contributed by atoms with Crippen molar-refractivity contribution in [2.45, 2.75) is 70.8 Å². The molecule has 1 rings (SSSR count). The molecule has 0 aliphatic carbocycles. The van der Waals surface area contributed by atoms with Crippen LogP contribution in [-0.2, 0) is 4.74 Å². The molecule has 0 aromatic heterocycles. The summed E-state index contributed by atoms with van der Waals surface area (Å²) in [6.45, 7) is 5.42. The molecule has 0 amide bonds. The zero-order chi connectivity index (χ0) is 11.5. The first kappa shape index (κ1) is 14.0. The van der Waals surface area contributed by atoms with Crippen LogP contribution < -0.4 is 5.32 Å². The van der Waals surface area contributed by atoms with Gasteiger partial charge in [-0.25, -0.2) is 0 Å². The second kappa shape index (κ2) is 10.1. The maximum absolute atomic E-state index is 5.59. The third-order valence-electron chi connectivity index (χ3n) is 3.40. The lowest BCUT2D eigenvalue weighted by Crippen LogP contribution is -2.20. The number of unbranched alkanes of at least 4 members (excludes halogenated alkanes) is 4. The minimum absolute atomic E-state index is 0.825. The molecular weight excluding hydrogens is 198 g/mol. The van der Waals surface area contributed by atoms with Crippen molar-refractivity contribution in [2.75, 3.05) is 19.8 Å². The molecule has 2 nitrogen and oxygen atoms in total. The summed E-state index contributed by atoms with van der Waals surface area (Å²) in [5.41, 5.74) is 0. The van der Waals surface area contributed by atoms with Crippen LogP contribution in [0.2, 0.25) is 0 Å². The van der Waals surface area contributed by atoms with Gasteiger partial charge in [0.1, 0.15) is 0 Å². The number of nitrogens with one attached hydrogen (secondary N) is 1. The van der Waals surface area contributed by atoms with Gasteiger partial charge in [0.25, 0.3) is 0 Å². The molecule has 16 heavy (non-hydrogen) atoms. The molecule has 1 aliphatic heterocycles. The summed E-state index contributed by atoms with van der Waals surface area (Å²) < 4.78 is 5.59. The monoisotopic (exact) mass is 227 g/mol. The van der Waals surface area contributed by atoms with E-state index < -0.39 is 0 Å². The van der Waals surface area contributed by atoms with Gasteiger partial charge in [0.15, 0.2) is 0 Å². The van der Waals surface area contributed by atoms with Crippen molar-refractivity contribution in [2.24, 2.45) is 0 Å². The van der Waals surface area contributed by atoms with E-state index in [0.29, 0.717) is 0 Å². The van der Waals surface area contributed by atoms with E-state index in [-0.39, 0.29) is 0 Å². The van der Waals surface area contributed by atoms with E-state index in [4.69, 9.17) is 4.74 Å². The van der Waals surface area contributed by atoms with Gasteiger partial charge in [-0.15, -0.1) is 0 Å². The average Bonchev–Trinajstić information content (AvgIpc) is 2.80. The van der Waals surface area contributed by atoms with Crippen LogP contribution >= 0.6 is 0 Å². The van der Waals surface area contributed by atoms with E-state index in [1.54, 1.807) is 0 Å². The van der Waals surface area contributed by atoms with Gasteiger partial charge >= 0.3 is 0 Å². The SMILES string of the molecule is CCCCCOCCCCCC1CCCN1. The zero-order valence-electron chi connectivity index (χ0n) is 11.0. The lowest BCUT2D eigenvalue weighted by molar-refractivity contribution is 0.126. The first-order valence-corrected chi connectivity index (χ1v) is 7.24. The van der Waals surface area contributed by atoms with Crippen LogP contribution in [0.25, 0.3) is 0 Å². The molecule has 1 atom stereocenters. The Morgan fingerprint density at radius 2 is 1.88 bits per heavy atom. The van der Waals surface area contributed by atoms with Crippen molar-refractivity contribution in [1.29, 1.82) is 0 Å². The summed E-state index contributed by atoms with van der Waals surface area (Å²) in [6.07, 6.45) is 11.9. The van der Waals surface area contributed by atoms with Gasteiger partial charge in [-0.1, -0.05) is 32.6 Å². The Morgan fingerprint density at radius 1 is 1.06 bits per heavy atom. The average molecular weight is 227 g/mol.